The predicted molar refractivity (Wildman–Crippen MR) is 81.2 cm³/mol. The Morgan fingerprint density at radius 1 is 1.29 bits per heavy atom. The fraction of sp³-hybridized carbons (Fsp3) is 0.500. The zero-order chi connectivity index (χ0) is 14.4. The van der Waals surface area contributed by atoms with E-state index in [2.05, 4.69) is 27.2 Å². The number of hydrogen-bond donors (Lipinski definition) is 2. The summed E-state index contributed by atoms with van der Waals surface area (Å²) in [7, 11) is 2.21. The van der Waals surface area contributed by atoms with Gasteiger partial charge in [-0.2, -0.15) is 0 Å². The van der Waals surface area contributed by atoms with Gasteiger partial charge >= 0.3 is 0 Å². The van der Waals surface area contributed by atoms with E-state index in [4.69, 9.17) is 0 Å². The first-order chi connectivity index (χ1) is 10.2. The fourth-order valence-corrected chi connectivity index (χ4v) is 3.84. The maximum absolute atomic E-state index is 12.4. The van der Waals surface area contributed by atoms with Gasteiger partial charge in [-0.15, -0.1) is 0 Å². The van der Waals surface area contributed by atoms with Crippen molar-refractivity contribution in [1.29, 1.82) is 0 Å². The molecule has 21 heavy (non-hydrogen) atoms. The second-order valence-corrected chi connectivity index (χ2v) is 6.29. The van der Waals surface area contributed by atoms with Crippen LogP contribution in [0.15, 0.2) is 24.3 Å². The van der Waals surface area contributed by atoms with E-state index in [1.54, 1.807) is 0 Å². The smallest absolute Gasteiger partial charge is 0.287 e. The summed E-state index contributed by atoms with van der Waals surface area (Å²) >= 11 is 0. The molecule has 2 aliphatic rings. The second kappa shape index (κ2) is 4.84. The third-order valence-electron chi connectivity index (χ3n) is 5.04. The summed E-state index contributed by atoms with van der Waals surface area (Å²) in [6.07, 6.45) is 4.63. The van der Waals surface area contributed by atoms with Crippen molar-refractivity contribution in [3.8, 4) is 0 Å². The Hall–Kier alpha value is -1.88. The molecule has 1 aromatic carbocycles. The van der Waals surface area contributed by atoms with Crippen molar-refractivity contribution in [2.24, 2.45) is 0 Å². The van der Waals surface area contributed by atoms with Gasteiger partial charge in [0.15, 0.2) is 5.82 Å². The number of amides is 1. The topological polar surface area (TPSA) is 61.0 Å². The number of fused-ring (bicyclic) bond motifs is 3. The van der Waals surface area contributed by atoms with Crippen LogP contribution >= 0.6 is 0 Å². The normalized spacial score (nSPS) is 28.9. The third-order valence-corrected chi connectivity index (χ3v) is 5.04. The van der Waals surface area contributed by atoms with E-state index in [0.717, 1.165) is 23.9 Å². The van der Waals surface area contributed by atoms with Crippen LogP contribution in [0.4, 0.5) is 0 Å². The van der Waals surface area contributed by atoms with Crippen LogP contribution in [0.2, 0.25) is 0 Å². The predicted octanol–water partition coefficient (Wildman–Crippen LogP) is 1.92. The molecule has 4 rings (SSSR count). The van der Waals surface area contributed by atoms with Crippen molar-refractivity contribution >= 4 is 16.9 Å². The lowest BCUT2D eigenvalue weighted by atomic mass is 9.98. The minimum Gasteiger partial charge on any atom is -0.347 e. The van der Waals surface area contributed by atoms with Gasteiger partial charge in [0.05, 0.1) is 11.0 Å². The van der Waals surface area contributed by atoms with Gasteiger partial charge in [0.2, 0.25) is 0 Å². The van der Waals surface area contributed by atoms with Gasteiger partial charge in [0, 0.05) is 18.1 Å². The van der Waals surface area contributed by atoms with E-state index in [-0.39, 0.29) is 11.9 Å². The Bertz CT molecular complexity index is 633. The highest BCUT2D eigenvalue weighted by Gasteiger charge is 2.38. The van der Waals surface area contributed by atoms with Gasteiger partial charge in [-0.1, -0.05) is 12.1 Å². The molecule has 2 aromatic rings. The first-order valence-corrected chi connectivity index (χ1v) is 7.68. The first kappa shape index (κ1) is 12.8. The summed E-state index contributed by atoms with van der Waals surface area (Å²) in [5.41, 5.74) is 1.75. The van der Waals surface area contributed by atoms with Gasteiger partial charge in [-0.05, 0) is 44.9 Å². The molecule has 2 fully saturated rings. The second-order valence-electron chi connectivity index (χ2n) is 6.29. The first-order valence-electron chi connectivity index (χ1n) is 7.68. The molecule has 0 saturated carbocycles. The maximum Gasteiger partial charge on any atom is 0.287 e. The number of aromatic nitrogens is 2. The minimum absolute atomic E-state index is 0.0832. The highest BCUT2D eigenvalue weighted by atomic mass is 16.2. The molecule has 1 aromatic heterocycles. The van der Waals surface area contributed by atoms with Crippen LogP contribution in [0.5, 0.6) is 0 Å². The number of imidazole rings is 1. The van der Waals surface area contributed by atoms with Crippen molar-refractivity contribution < 1.29 is 4.79 Å². The van der Waals surface area contributed by atoms with Gasteiger partial charge in [0.1, 0.15) is 0 Å². The van der Waals surface area contributed by atoms with Gasteiger partial charge < -0.3 is 15.2 Å². The zero-order valence-electron chi connectivity index (χ0n) is 12.2. The van der Waals surface area contributed by atoms with E-state index >= 15 is 0 Å². The molecule has 0 aliphatic carbocycles. The number of carbonyl (C=O) groups excluding carboxylic acids is 1. The molecule has 2 saturated heterocycles. The minimum atomic E-state index is -0.0832. The summed E-state index contributed by atoms with van der Waals surface area (Å²) in [5, 5.41) is 3.16. The molecule has 2 bridgehead atoms. The molecule has 2 N–H and O–H groups in total. The van der Waals surface area contributed by atoms with E-state index in [0.29, 0.717) is 17.9 Å². The Morgan fingerprint density at radius 3 is 2.71 bits per heavy atom. The van der Waals surface area contributed by atoms with Crippen molar-refractivity contribution in [3.05, 3.63) is 30.1 Å². The number of benzene rings is 1. The lowest BCUT2D eigenvalue weighted by Crippen LogP contribution is -2.48. The van der Waals surface area contributed by atoms with Gasteiger partial charge in [-0.25, -0.2) is 4.98 Å². The van der Waals surface area contributed by atoms with Crippen molar-refractivity contribution in [2.45, 2.75) is 43.8 Å². The van der Waals surface area contributed by atoms with Crippen LogP contribution in [-0.2, 0) is 0 Å². The lowest BCUT2D eigenvalue weighted by Gasteiger charge is -2.36. The quantitative estimate of drug-likeness (QED) is 0.885. The number of aromatic amines is 1. The summed E-state index contributed by atoms with van der Waals surface area (Å²) in [4.78, 5) is 22.3. The lowest BCUT2D eigenvalue weighted by molar-refractivity contribution is 0.0873. The Morgan fingerprint density at radius 2 is 2.00 bits per heavy atom. The molecule has 3 heterocycles. The van der Waals surface area contributed by atoms with Crippen LogP contribution < -0.4 is 5.32 Å². The number of carbonyl (C=O) groups is 1. The summed E-state index contributed by atoms with van der Waals surface area (Å²) in [6.45, 7) is 0. The number of para-hydroxylation sites is 2. The zero-order valence-corrected chi connectivity index (χ0v) is 12.2. The molecule has 0 radical (unpaired) electrons. The van der Waals surface area contributed by atoms with Crippen LogP contribution in [-0.4, -0.2) is 45.9 Å². The number of H-pyrrole nitrogens is 1. The van der Waals surface area contributed by atoms with Gasteiger partial charge in [-0.3, -0.25) is 4.79 Å². The van der Waals surface area contributed by atoms with Crippen molar-refractivity contribution in [3.63, 3.8) is 0 Å². The molecular weight excluding hydrogens is 264 g/mol. The molecule has 5 heteroatoms. The van der Waals surface area contributed by atoms with Crippen LogP contribution in [0, 0.1) is 0 Å². The Labute approximate surface area is 123 Å². The van der Waals surface area contributed by atoms with Crippen LogP contribution in [0.25, 0.3) is 11.0 Å². The van der Waals surface area contributed by atoms with E-state index in [1.807, 2.05) is 24.3 Å². The maximum atomic E-state index is 12.4. The van der Waals surface area contributed by atoms with Crippen molar-refractivity contribution in [2.75, 3.05) is 7.05 Å². The molecule has 1 amide bonds. The number of nitrogens with one attached hydrogen (secondary N) is 2. The van der Waals surface area contributed by atoms with E-state index in [1.165, 1.54) is 12.8 Å². The molecule has 110 valence electrons. The third kappa shape index (κ3) is 2.21. The number of nitrogens with zero attached hydrogens (tertiary/aromatic N) is 2. The summed E-state index contributed by atoms with van der Waals surface area (Å²) in [6, 6.07) is 9.26. The Kier molecular flexibility index (Phi) is 2.96. The molecule has 3 atom stereocenters. The molecule has 5 nitrogen and oxygen atoms in total. The fourth-order valence-electron chi connectivity index (χ4n) is 3.84. The number of piperidine rings is 1. The van der Waals surface area contributed by atoms with Gasteiger partial charge in [0.25, 0.3) is 5.91 Å². The monoisotopic (exact) mass is 284 g/mol. The summed E-state index contributed by atoms with van der Waals surface area (Å²) < 4.78 is 0. The van der Waals surface area contributed by atoms with E-state index in [9.17, 15) is 4.79 Å². The average molecular weight is 284 g/mol. The van der Waals surface area contributed by atoms with Crippen LogP contribution in [0.3, 0.4) is 0 Å². The standard InChI is InChI=1S/C16H20N4O/c1-20-11-6-7-12(20)9-10(8-11)17-16(21)15-18-13-4-2-3-5-14(13)19-15/h2-5,10-12H,6-9H2,1H3,(H,17,21)(H,18,19)/t10?,11-,12+. The van der Waals surface area contributed by atoms with E-state index < -0.39 is 0 Å². The number of rotatable bonds is 2. The molecular formula is C16H20N4O. The molecule has 1 unspecified atom stereocenters. The Balaban J connectivity index is 1.48. The van der Waals surface area contributed by atoms with Crippen LogP contribution in [0.1, 0.15) is 36.3 Å². The SMILES string of the molecule is CN1[C@@H]2CC[C@H]1CC(NC(=O)c1nc3ccccc3[nH]1)C2. The highest BCUT2D eigenvalue weighted by Crippen LogP contribution is 2.34. The largest absolute Gasteiger partial charge is 0.347 e. The van der Waals surface area contributed by atoms with Crippen molar-refractivity contribution in [1.82, 2.24) is 20.2 Å². The molecule has 0 spiro atoms. The highest BCUT2D eigenvalue weighted by molar-refractivity contribution is 5.94. The molecule has 2 aliphatic heterocycles. The summed E-state index contributed by atoms with van der Waals surface area (Å²) in [5.74, 6) is 0.336. The number of hydrogen-bond acceptors (Lipinski definition) is 3. The average Bonchev–Trinajstić information content (AvgIpc) is 2.98.